The molecule has 35 N–H and O–H groups in total. The maximum Gasteiger partial charge on any atom is 0.322 e. The maximum absolute atomic E-state index is 14.6. The van der Waals surface area contributed by atoms with Crippen LogP contribution in [0, 0.1) is 5.92 Å². The molecule has 1 fully saturated rings. The van der Waals surface area contributed by atoms with Crippen molar-refractivity contribution < 1.29 is 117 Å². The van der Waals surface area contributed by atoms with Crippen LogP contribution in [0.4, 0.5) is 0 Å². The number of carbonyl (C=O) groups excluding carboxylic acids is 16. The standard InChI is InChI=1S/C68H112N24O24S/c1-32(2)52(90-62(112)44(27-50(100)101)88-65(115)53(33(3)95)91-61(111)43(26-48(72)98)87-63(113)46-13-9-22-92(46)66(116)36(70)30-93)64(114)84-39(12-8-21-78-68(75)76)57(107)83-40(18-23-117-4)59(109)85-41(24-34-14-16-35(96)17-15-34)60(110)89-45(31-94)55(105)79-28-49(99)81-37(10-5-6-19-69)56(106)82-38(11-7-20-77-67(73)74)58(108)86-42(25-47(71)97)54(104)80-29-51(102)103/h14-17,32-33,36-46,52-53,93-96H,5-13,18-31,69-70H2,1-4H3,(H2,71,97)(H2,72,98)(H,79,105)(H,80,104)(H,81,99)(H,82,106)(H,83,107)(H,84,114)(H,85,109)(H,86,108)(H,87,113)(H,88,115)(H,89,110)(H,90,112)(H,91,111)(H,100,101)(H,102,103)(H4,73,74,77)(H4,75,76,78)/t33-,36+,37+,38+,39+,40+,41+,42+,43+,44+,45+,46+,52+,53+/m1/s1. The molecule has 49 heteroatoms. The van der Waals surface area contributed by atoms with Gasteiger partial charge in [-0.3, -0.25) is 96.3 Å². The lowest BCUT2D eigenvalue weighted by molar-refractivity contribution is -0.142. The van der Waals surface area contributed by atoms with E-state index in [0.29, 0.717) is 18.4 Å². The average Bonchev–Trinajstić information content (AvgIpc) is 1.71. The molecule has 1 aromatic rings. The number of benzene rings is 1. The summed E-state index contributed by atoms with van der Waals surface area (Å²) >= 11 is 1.21. The van der Waals surface area contributed by atoms with Gasteiger partial charge in [0.2, 0.25) is 94.5 Å². The van der Waals surface area contributed by atoms with Crippen LogP contribution in [-0.4, -0.2) is 303 Å². The summed E-state index contributed by atoms with van der Waals surface area (Å²) in [6.07, 6.45) is -3.45. The number of primary amides is 2. The molecule has 0 aromatic heterocycles. The van der Waals surface area contributed by atoms with Crippen molar-refractivity contribution in [3.8, 4) is 5.75 Å². The summed E-state index contributed by atoms with van der Waals surface area (Å²) in [5.41, 5.74) is 44.3. The molecule has 0 radical (unpaired) electrons. The van der Waals surface area contributed by atoms with Gasteiger partial charge >= 0.3 is 11.9 Å². The number of aliphatic hydroxyl groups excluding tert-OH is 3. The number of aliphatic carboxylic acids is 2. The number of likely N-dealkylation sites (tertiary alicyclic amines) is 1. The van der Waals surface area contributed by atoms with E-state index in [4.69, 9.17) is 51.0 Å². The van der Waals surface area contributed by atoms with Crippen molar-refractivity contribution in [3.05, 3.63) is 29.8 Å². The smallest absolute Gasteiger partial charge is 0.322 e. The number of phenols is 1. The summed E-state index contributed by atoms with van der Waals surface area (Å²) in [6.45, 7) is 0.0883. The Morgan fingerprint density at radius 2 is 0.923 bits per heavy atom. The summed E-state index contributed by atoms with van der Waals surface area (Å²) in [5.74, 6) is -22.6. The highest BCUT2D eigenvalue weighted by Crippen LogP contribution is 2.20. The van der Waals surface area contributed by atoms with Crippen LogP contribution in [0.15, 0.2) is 34.3 Å². The third-order valence-electron chi connectivity index (χ3n) is 17.4. The van der Waals surface area contributed by atoms with Crippen LogP contribution in [-0.2, 0) is 92.7 Å². The van der Waals surface area contributed by atoms with Crippen LogP contribution < -0.4 is 115 Å². The molecule has 1 aliphatic rings. The number of aromatic hydroxyl groups is 1. The second kappa shape index (κ2) is 52.6. The molecule has 1 aliphatic heterocycles. The van der Waals surface area contributed by atoms with Gasteiger partial charge in [-0.2, -0.15) is 11.8 Å². The van der Waals surface area contributed by atoms with E-state index in [-0.39, 0.29) is 101 Å². The van der Waals surface area contributed by atoms with E-state index in [0.717, 1.165) is 11.8 Å². The summed E-state index contributed by atoms with van der Waals surface area (Å²) in [7, 11) is 0. The zero-order valence-corrected chi connectivity index (χ0v) is 66.0. The van der Waals surface area contributed by atoms with Crippen LogP contribution in [0.3, 0.4) is 0 Å². The first-order chi connectivity index (χ1) is 55.1. The van der Waals surface area contributed by atoms with Crippen molar-refractivity contribution in [3.63, 3.8) is 0 Å². The largest absolute Gasteiger partial charge is 0.508 e. The molecule has 117 heavy (non-hydrogen) atoms. The van der Waals surface area contributed by atoms with Gasteiger partial charge in [-0.25, -0.2) is 0 Å². The zero-order valence-electron chi connectivity index (χ0n) is 65.1. The molecule has 1 saturated heterocycles. The monoisotopic (exact) mass is 1680 g/mol. The van der Waals surface area contributed by atoms with E-state index in [9.17, 15) is 112 Å². The molecule has 0 aliphatic carbocycles. The normalized spacial score (nSPS) is 15.6. The molecule has 16 amide bonds. The predicted molar refractivity (Wildman–Crippen MR) is 416 cm³/mol. The number of hydrogen-bond acceptors (Lipinski definition) is 27. The van der Waals surface area contributed by atoms with Gasteiger partial charge in [0.15, 0.2) is 11.9 Å². The SMILES string of the molecule is CSCC[C@H](NC(=O)[C@H](CCCN=C(N)N)NC(=O)[C@@H](NC(=O)[C@H](CC(=O)O)NC(=O)[C@@H](NC(=O)[C@H](CC(N)=O)NC(=O)[C@@H]1CCCN1C(=O)[C@@H](N)CO)[C@@H](C)O)C(C)C)C(=O)N[C@@H](Cc1ccc(O)cc1)C(=O)N[C@@H](CO)C(=O)NCC(=O)N[C@@H](CCCCN)C(=O)N[C@@H](CCCN=C(N)N)C(=O)N[C@@H](CC(N)=O)C(=O)NCC(=O)O. The molecule has 0 bridgehead atoms. The molecule has 48 nitrogen and oxygen atoms in total. The number of carboxylic acids is 2. The third kappa shape index (κ3) is 38.0. The topological polar surface area (TPSA) is 821 Å². The van der Waals surface area contributed by atoms with Crippen molar-refractivity contribution >= 4 is 130 Å². The van der Waals surface area contributed by atoms with E-state index in [1.54, 1.807) is 6.26 Å². The van der Waals surface area contributed by atoms with Crippen LogP contribution >= 0.6 is 11.8 Å². The van der Waals surface area contributed by atoms with Gasteiger partial charge in [0.25, 0.3) is 0 Å². The van der Waals surface area contributed by atoms with Gasteiger partial charge in [0.1, 0.15) is 90.8 Å². The number of amides is 16. The number of hydrogen-bond donors (Lipinski definition) is 27. The second-order valence-corrected chi connectivity index (χ2v) is 28.3. The first kappa shape index (κ1) is 101. The number of nitrogens with zero attached hydrogens (tertiary/aromatic N) is 3. The molecule has 0 unspecified atom stereocenters. The average molecular weight is 1680 g/mol. The molecular formula is C68H112N24O24S. The Kier molecular flexibility index (Phi) is 45.5. The Bertz CT molecular complexity index is 3660. The lowest BCUT2D eigenvalue weighted by Crippen LogP contribution is -2.62. The summed E-state index contributed by atoms with van der Waals surface area (Å²) in [5, 5.41) is 90.0. The number of nitrogens with one attached hydrogen (secondary N) is 13. The molecule has 0 saturated carbocycles. The van der Waals surface area contributed by atoms with Crippen molar-refractivity contribution in [1.29, 1.82) is 0 Å². The molecule has 654 valence electrons. The Labute approximate surface area is 675 Å². The van der Waals surface area contributed by atoms with Crippen molar-refractivity contribution in [2.75, 3.05) is 64.5 Å². The fourth-order valence-corrected chi connectivity index (χ4v) is 11.8. The first-order valence-corrected chi connectivity index (χ1v) is 38.4. The number of unbranched alkanes of at least 4 members (excludes halogenated alkanes) is 1. The Hall–Kier alpha value is -11.8. The van der Waals surface area contributed by atoms with Gasteiger partial charge in [0.05, 0.1) is 45.1 Å². The van der Waals surface area contributed by atoms with Crippen LogP contribution in [0.5, 0.6) is 5.75 Å². The number of carbonyl (C=O) groups is 18. The number of nitrogens with two attached hydrogens (primary N) is 8. The Balaban J connectivity index is 2.49. The molecule has 1 aromatic carbocycles. The number of rotatable bonds is 55. The van der Waals surface area contributed by atoms with Crippen LogP contribution in [0.25, 0.3) is 0 Å². The number of thioether (sulfide) groups is 1. The highest BCUT2D eigenvalue weighted by molar-refractivity contribution is 7.98. The van der Waals surface area contributed by atoms with Crippen molar-refractivity contribution in [2.45, 2.75) is 195 Å². The molecule has 0 spiro atoms. The van der Waals surface area contributed by atoms with Gasteiger partial charge in [0, 0.05) is 26.1 Å². The van der Waals surface area contributed by atoms with Crippen molar-refractivity contribution in [2.24, 2.45) is 61.8 Å². The minimum atomic E-state index is -2.10. The van der Waals surface area contributed by atoms with E-state index >= 15 is 0 Å². The number of phenolic OH excluding ortho intramolecular Hbond substituents is 1. The fourth-order valence-electron chi connectivity index (χ4n) is 11.3. The second-order valence-electron chi connectivity index (χ2n) is 27.3. The van der Waals surface area contributed by atoms with Gasteiger partial charge in [-0.1, -0.05) is 26.0 Å². The summed E-state index contributed by atoms with van der Waals surface area (Å²) in [4.78, 5) is 251. The van der Waals surface area contributed by atoms with Gasteiger partial charge in [-0.05, 0) is 113 Å². The minimum absolute atomic E-state index is 0.0185. The maximum atomic E-state index is 14.6. The third-order valence-corrected chi connectivity index (χ3v) is 18.1. The molecule has 2 rings (SSSR count). The fraction of sp³-hybridized carbons (Fsp3) is 0.618. The summed E-state index contributed by atoms with van der Waals surface area (Å²) in [6, 6.07) is -16.6. The van der Waals surface area contributed by atoms with E-state index in [1.807, 2.05) is 5.32 Å². The highest BCUT2D eigenvalue weighted by atomic mass is 32.2. The Morgan fingerprint density at radius 1 is 0.496 bits per heavy atom. The van der Waals surface area contributed by atoms with Gasteiger partial charge < -0.3 is 151 Å². The molecule has 1 heterocycles. The Morgan fingerprint density at radius 3 is 1.40 bits per heavy atom. The molecular weight excluding hydrogens is 1570 g/mol. The number of aliphatic hydroxyl groups is 3. The van der Waals surface area contributed by atoms with Gasteiger partial charge in [-0.15, -0.1) is 0 Å². The summed E-state index contributed by atoms with van der Waals surface area (Å²) < 4.78 is 0. The quantitative estimate of drug-likeness (QED) is 0.0164. The lowest BCUT2D eigenvalue weighted by atomic mass is 10.0. The zero-order chi connectivity index (χ0) is 88.3. The number of aliphatic imine (C=N–C) groups is 2. The van der Waals surface area contributed by atoms with E-state index in [2.05, 4.69) is 73.8 Å². The minimum Gasteiger partial charge on any atom is -0.508 e. The van der Waals surface area contributed by atoms with E-state index < -0.39 is 249 Å². The first-order valence-electron chi connectivity index (χ1n) is 37.0. The van der Waals surface area contributed by atoms with E-state index in [1.165, 1.54) is 49.9 Å². The van der Waals surface area contributed by atoms with Crippen molar-refractivity contribution in [1.82, 2.24) is 74.0 Å². The lowest BCUT2D eigenvalue weighted by Gasteiger charge is -2.30. The van der Waals surface area contributed by atoms with Crippen LogP contribution in [0.1, 0.15) is 110 Å². The highest BCUT2D eigenvalue weighted by Gasteiger charge is 2.41. The predicted octanol–water partition coefficient (Wildman–Crippen LogP) is -12.9. The molecule has 14 atom stereocenters. The number of guanidine groups is 2. The number of carboxylic acid groups (broad SMARTS) is 2. The van der Waals surface area contributed by atoms with Crippen LogP contribution in [0.2, 0.25) is 0 Å².